The van der Waals surface area contributed by atoms with Crippen molar-refractivity contribution < 1.29 is 4.74 Å². The molecule has 3 heterocycles. The van der Waals surface area contributed by atoms with Crippen LogP contribution in [0, 0.1) is 13.8 Å². The number of likely N-dealkylation sites (tertiary alicyclic amines) is 1. The summed E-state index contributed by atoms with van der Waals surface area (Å²) in [6.45, 7) is 7.60. The number of aryl methyl sites for hydroxylation is 2. The van der Waals surface area contributed by atoms with Gasteiger partial charge in [-0.15, -0.1) is 0 Å². The van der Waals surface area contributed by atoms with E-state index in [1.807, 2.05) is 4.68 Å². The third kappa shape index (κ3) is 2.63. The molecule has 4 nitrogen and oxygen atoms in total. The zero-order valence-electron chi connectivity index (χ0n) is 13.1. The van der Waals surface area contributed by atoms with Crippen molar-refractivity contribution in [1.29, 1.82) is 0 Å². The Kier molecular flexibility index (Phi) is 4.13. The highest BCUT2D eigenvalue weighted by Gasteiger charge is 2.32. The van der Waals surface area contributed by atoms with Gasteiger partial charge in [-0.25, -0.2) is 0 Å². The topological polar surface area (TPSA) is 30.3 Å². The van der Waals surface area contributed by atoms with Crippen LogP contribution in [0.15, 0.2) is 0 Å². The second kappa shape index (κ2) is 5.86. The molecule has 0 unspecified atom stereocenters. The highest BCUT2D eigenvalue weighted by atomic mass is 16.5. The fourth-order valence-electron chi connectivity index (χ4n) is 3.86. The molecule has 0 saturated carbocycles. The largest absolute Gasteiger partial charge is 0.377 e. The molecular formula is C16H27N3O. The lowest BCUT2D eigenvalue weighted by Gasteiger charge is -2.31. The maximum Gasteiger partial charge on any atom is 0.0702 e. The van der Waals surface area contributed by atoms with Gasteiger partial charge < -0.3 is 4.74 Å². The van der Waals surface area contributed by atoms with Gasteiger partial charge in [0.2, 0.25) is 0 Å². The molecule has 2 atom stereocenters. The third-order valence-corrected chi connectivity index (χ3v) is 4.97. The molecule has 20 heavy (non-hydrogen) atoms. The van der Waals surface area contributed by atoms with Gasteiger partial charge in [-0.1, -0.05) is 0 Å². The molecule has 2 aliphatic heterocycles. The van der Waals surface area contributed by atoms with Crippen LogP contribution in [-0.2, 0) is 11.8 Å². The first kappa shape index (κ1) is 14.1. The van der Waals surface area contributed by atoms with Crippen LogP contribution in [0.2, 0.25) is 0 Å². The molecule has 0 N–H and O–H groups in total. The second-order valence-electron chi connectivity index (χ2n) is 6.35. The van der Waals surface area contributed by atoms with Crippen molar-refractivity contribution in [1.82, 2.24) is 14.7 Å². The molecule has 1 aromatic heterocycles. The van der Waals surface area contributed by atoms with Gasteiger partial charge in [0.15, 0.2) is 0 Å². The standard InChI is InChI=1S/C16H27N3O/c1-12-16(13(2)18(3)17-12)15-8-6-9-19(15)11-14-7-4-5-10-20-14/h14-15H,4-11H2,1-3H3/t14-,15-/m1/s1. The maximum absolute atomic E-state index is 5.93. The summed E-state index contributed by atoms with van der Waals surface area (Å²) >= 11 is 0. The molecule has 3 rings (SSSR count). The van der Waals surface area contributed by atoms with Crippen molar-refractivity contribution in [2.75, 3.05) is 19.7 Å². The molecule has 0 amide bonds. The molecule has 0 spiro atoms. The van der Waals surface area contributed by atoms with Crippen LogP contribution >= 0.6 is 0 Å². The first-order chi connectivity index (χ1) is 9.66. The number of hydrogen-bond donors (Lipinski definition) is 0. The summed E-state index contributed by atoms with van der Waals surface area (Å²) in [4.78, 5) is 2.63. The van der Waals surface area contributed by atoms with Crippen LogP contribution < -0.4 is 0 Å². The molecule has 0 radical (unpaired) electrons. The number of rotatable bonds is 3. The van der Waals surface area contributed by atoms with Gasteiger partial charge in [0.1, 0.15) is 0 Å². The van der Waals surface area contributed by atoms with Gasteiger partial charge in [0.05, 0.1) is 11.8 Å². The van der Waals surface area contributed by atoms with Crippen molar-refractivity contribution >= 4 is 0 Å². The van der Waals surface area contributed by atoms with Crippen molar-refractivity contribution in [3.05, 3.63) is 17.0 Å². The molecule has 0 aromatic carbocycles. The Hall–Kier alpha value is -0.870. The molecule has 2 fully saturated rings. The smallest absolute Gasteiger partial charge is 0.0702 e. The lowest BCUT2D eigenvalue weighted by Crippen LogP contribution is -2.35. The molecule has 2 saturated heterocycles. The molecular weight excluding hydrogens is 250 g/mol. The fourth-order valence-corrected chi connectivity index (χ4v) is 3.86. The first-order valence-corrected chi connectivity index (χ1v) is 8.02. The Morgan fingerprint density at radius 1 is 1.20 bits per heavy atom. The van der Waals surface area contributed by atoms with Gasteiger partial charge >= 0.3 is 0 Å². The normalized spacial score (nSPS) is 28.1. The predicted octanol–water partition coefficient (Wildman–Crippen LogP) is 2.74. The molecule has 1 aromatic rings. The summed E-state index contributed by atoms with van der Waals surface area (Å²) in [6.07, 6.45) is 6.80. The average Bonchev–Trinajstić information content (AvgIpc) is 2.97. The van der Waals surface area contributed by atoms with Crippen LogP contribution in [0.5, 0.6) is 0 Å². The van der Waals surface area contributed by atoms with Crippen LogP contribution in [0.4, 0.5) is 0 Å². The SMILES string of the molecule is Cc1nn(C)c(C)c1[C@H]1CCCN1C[C@H]1CCCCO1. The van der Waals surface area contributed by atoms with E-state index in [0.717, 1.165) is 13.2 Å². The molecule has 0 aliphatic carbocycles. The van der Waals surface area contributed by atoms with E-state index in [-0.39, 0.29) is 0 Å². The van der Waals surface area contributed by atoms with Gasteiger partial charge in [-0.3, -0.25) is 9.58 Å². The van der Waals surface area contributed by atoms with Gasteiger partial charge in [0, 0.05) is 37.5 Å². The highest BCUT2D eigenvalue weighted by Crippen LogP contribution is 2.36. The summed E-state index contributed by atoms with van der Waals surface area (Å²) < 4.78 is 7.95. The predicted molar refractivity (Wildman–Crippen MR) is 79.8 cm³/mol. The summed E-state index contributed by atoms with van der Waals surface area (Å²) in [5, 5.41) is 4.60. The monoisotopic (exact) mass is 277 g/mol. The number of aromatic nitrogens is 2. The van der Waals surface area contributed by atoms with E-state index < -0.39 is 0 Å². The summed E-state index contributed by atoms with van der Waals surface area (Å²) in [5.74, 6) is 0. The Bertz CT molecular complexity index is 463. The highest BCUT2D eigenvalue weighted by molar-refractivity contribution is 5.29. The van der Waals surface area contributed by atoms with Gasteiger partial charge in [-0.05, 0) is 52.5 Å². The number of nitrogens with zero attached hydrogens (tertiary/aromatic N) is 3. The second-order valence-corrected chi connectivity index (χ2v) is 6.35. The van der Waals surface area contributed by atoms with Crippen LogP contribution in [0.3, 0.4) is 0 Å². The van der Waals surface area contributed by atoms with Crippen LogP contribution in [0.25, 0.3) is 0 Å². The Morgan fingerprint density at radius 2 is 2.05 bits per heavy atom. The van der Waals surface area contributed by atoms with E-state index >= 15 is 0 Å². The molecule has 0 bridgehead atoms. The van der Waals surface area contributed by atoms with Crippen molar-refractivity contribution in [2.24, 2.45) is 7.05 Å². The summed E-state index contributed by atoms with van der Waals surface area (Å²) in [6, 6.07) is 0.550. The number of ether oxygens (including phenoxy) is 1. The fraction of sp³-hybridized carbons (Fsp3) is 0.812. The zero-order chi connectivity index (χ0) is 14.1. The lowest BCUT2D eigenvalue weighted by atomic mass is 10.0. The van der Waals surface area contributed by atoms with Gasteiger partial charge in [0.25, 0.3) is 0 Å². The van der Waals surface area contributed by atoms with E-state index in [2.05, 4.69) is 30.9 Å². The van der Waals surface area contributed by atoms with Crippen LogP contribution in [-0.4, -0.2) is 40.5 Å². The van der Waals surface area contributed by atoms with E-state index in [4.69, 9.17) is 4.74 Å². The van der Waals surface area contributed by atoms with Crippen molar-refractivity contribution in [2.45, 2.75) is 58.1 Å². The third-order valence-electron chi connectivity index (χ3n) is 4.97. The van der Waals surface area contributed by atoms with E-state index in [1.54, 1.807) is 0 Å². The Balaban J connectivity index is 1.74. The Labute approximate surface area is 122 Å². The van der Waals surface area contributed by atoms with Crippen molar-refractivity contribution in [3.63, 3.8) is 0 Å². The minimum Gasteiger partial charge on any atom is -0.377 e. The number of hydrogen-bond acceptors (Lipinski definition) is 3. The molecule has 112 valence electrons. The first-order valence-electron chi connectivity index (χ1n) is 8.02. The maximum atomic E-state index is 5.93. The van der Waals surface area contributed by atoms with Gasteiger partial charge in [-0.2, -0.15) is 5.10 Å². The zero-order valence-corrected chi connectivity index (χ0v) is 13.1. The quantitative estimate of drug-likeness (QED) is 0.851. The van der Waals surface area contributed by atoms with E-state index in [1.165, 1.54) is 55.6 Å². The Morgan fingerprint density at radius 3 is 2.70 bits per heavy atom. The summed E-state index contributed by atoms with van der Waals surface area (Å²) in [7, 11) is 2.05. The molecule has 2 aliphatic rings. The van der Waals surface area contributed by atoms with E-state index in [0.29, 0.717) is 12.1 Å². The average molecular weight is 277 g/mol. The minimum absolute atomic E-state index is 0.446. The minimum atomic E-state index is 0.446. The molecule has 4 heteroatoms. The van der Waals surface area contributed by atoms with Crippen molar-refractivity contribution in [3.8, 4) is 0 Å². The van der Waals surface area contributed by atoms with Crippen LogP contribution in [0.1, 0.15) is 55.1 Å². The van der Waals surface area contributed by atoms with E-state index in [9.17, 15) is 0 Å². The summed E-state index contributed by atoms with van der Waals surface area (Å²) in [5.41, 5.74) is 3.98. The lowest BCUT2D eigenvalue weighted by molar-refractivity contribution is -0.00814.